The third kappa shape index (κ3) is 6.15. The maximum Gasteiger partial charge on any atom is 0.161 e. The van der Waals surface area contributed by atoms with Crippen molar-refractivity contribution < 1.29 is 9.47 Å². The Morgan fingerprint density at radius 2 is 1.68 bits per heavy atom. The highest BCUT2D eigenvalue weighted by molar-refractivity contribution is 5.85. The molecule has 160 valence electrons. The van der Waals surface area contributed by atoms with Gasteiger partial charge in [0, 0.05) is 26.2 Å². The van der Waals surface area contributed by atoms with E-state index in [2.05, 4.69) is 36.8 Å². The van der Waals surface area contributed by atoms with Gasteiger partial charge in [0.2, 0.25) is 0 Å². The molecule has 28 heavy (non-hydrogen) atoms. The van der Waals surface area contributed by atoms with Crippen LogP contribution in [-0.2, 0) is 5.41 Å². The van der Waals surface area contributed by atoms with Gasteiger partial charge in [-0.2, -0.15) is 5.26 Å². The minimum atomic E-state index is -0.508. The van der Waals surface area contributed by atoms with Crippen LogP contribution in [0.15, 0.2) is 18.2 Å². The normalized spacial score (nSPS) is 17.0. The van der Waals surface area contributed by atoms with Crippen molar-refractivity contribution in [3.63, 3.8) is 0 Å². The van der Waals surface area contributed by atoms with Crippen LogP contribution >= 0.6 is 24.8 Å². The van der Waals surface area contributed by atoms with Crippen molar-refractivity contribution in [2.75, 3.05) is 54.0 Å². The molecule has 1 aromatic carbocycles. The molecule has 5 nitrogen and oxygen atoms in total. The van der Waals surface area contributed by atoms with Crippen LogP contribution in [0, 0.1) is 17.2 Å². The molecule has 1 atom stereocenters. The standard InChI is InChI=1S/C21H33N3O2.2ClH/c1-17(2)21(16-22,9-6-10-24-13-11-23(3)12-14-24)18-7-8-19(25-4)20(15-18)26-5;;/h7-8,15,17H,6,9-14H2,1-5H3;2*1H. The molecular formula is C21H35Cl2N3O2. The van der Waals surface area contributed by atoms with Crippen LogP contribution in [0.1, 0.15) is 32.3 Å². The van der Waals surface area contributed by atoms with Gasteiger partial charge in [-0.05, 0) is 50.0 Å². The lowest BCUT2D eigenvalue weighted by atomic mass is 9.69. The van der Waals surface area contributed by atoms with E-state index < -0.39 is 5.41 Å². The van der Waals surface area contributed by atoms with E-state index >= 15 is 0 Å². The molecule has 0 aromatic heterocycles. The number of piperazine rings is 1. The number of nitriles is 1. The lowest BCUT2D eigenvalue weighted by Gasteiger charge is -2.35. The summed E-state index contributed by atoms with van der Waals surface area (Å²) < 4.78 is 10.8. The molecule has 0 amide bonds. The van der Waals surface area contributed by atoms with Gasteiger partial charge in [0.1, 0.15) is 0 Å². The molecule has 1 aromatic rings. The van der Waals surface area contributed by atoms with E-state index in [-0.39, 0.29) is 30.7 Å². The minimum Gasteiger partial charge on any atom is -0.493 e. The molecular weight excluding hydrogens is 397 g/mol. The van der Waals surface area contributed by atoms with E-state index in [1.54, 1.807) is 14.2 Å². The Kier molecular flexibility index (Phi) is 11.9. The first-order valence-corrected chi connectivity index (χ1v) is 9.51. The number of halogens is 2. The molecule has 1 heterocycles. The summed E-state index contributed by atoms with van der Waals surface area (Å²) in [6.07, 6.45) is 1.87. The van der Waals surface area contributed by atoms with E-state index in [1.165, 1.54) is 0 Å². The van der Waals surface area contributed by atoms with Crippen LogP contribution in [0.2, 0.25) is 0 Å². The van der Waals surface area contributed by atoms with E-state index in [0.717, 1.165) is 51.1 Å². The Labute approximate surface area is 182 Å². The summed E-state index contributed by atoms with van der Waals surface area (Å²) in [6.45, 7) is 9.82. The monoisotopic (exact) mass is 431 g/mol. The molecule has 1 saturated heterocycles. The maximum atomic E-state index is 10.1. The molecule has 0 radical (unpaired) electrons. The predicted molar refractivity (Wildman–Crippen MR) is 119 cm³/mol. The van der Waals surface area contributed by atoms with E-state index in [9.17, 15) is 5.26 Å². The van der Waals surface area contributed by atoms with Crippen molar-refractivity contribution in [2.24, 2.45) is 5.92 Å². The largest absolute Gasteiger partial charge is 0.493 e. The first-order chi connectivity index (χ1) is 12.5. The van der Waals surface area contributed by atoms with Gasteiger partial charge in [-0.3, -0.25) is 0 Å². The highest BCUT2D eigenvalue weighted by atomic mass is 35.5. The number of methoxy groups -OCH3 is 2. The Bertz CT molecular complexity index is 629. The van der Waals surface area contributed by atoms with Crippen LogP contribution < -0.4 is 9.47 Å². The van der Waals surface area contributed by atoms with Gasteiger partial charge in [0.25, 0.3) is 0 Å². The molecule has 7 heteroatoms. The number of rotatable bonds is 8. The van der Waals surface area contributed by atoms with Gasteiger partial charge < -0.3 is 19.3 Å². The minimum absolute atomic E-state index is 0. The Hall–Kier alpha value is -1.19. The summed E-state index contributed by atoms with van der Waals surface area (Å²) in [5, 5.41) is 10.1. The summed E-state index contributed by atoms with van der Waals surface area (Å²) in [4.78, 5) is 4.88. The number of nitrogens with zero attached hydrogens (tertiary/aromatic N) is 3. The lowest BCUT2D eigenvalue weighted by molar-refractivity contribution is 0.149. The van der Waals surface area contributed by atoms with Crippen molar-refractivity contribution in [3.8, 4) is 17.6 Å². The summed E-state index contributed by atoms with van der Waals surface area (Å²) in [5.74, 6) is 1.60. The number of benzene rings is 1. The second-order valence-corrected chi connectivity index (χ2v) is 7.56. The van der Waals surface area contributed by atoms with E-state index in [1.807, 2.05) is 18.2 Å². The second-order valence-electron chi connectivity index (χ2n) is 7.56. The molecule has 1 aliphatic heterocycles. The SMILES string of the molecule is COc1ccc(C(C#N)(CCCN2CCN(C)CC2)C(C)C)cc1OC.Cl.Cl. The van der Waals surface area contributed by atoms with Crippen LogP contribution in [-0.4, -0.2) is 63.8 Å². The second kappa shape index (κ2) is 12.4. The number of likely N-dealkylation sites (N-methyl/N-ethyl adjacent to an activating group) is 1. The fourth-order valence-corrected chi connectivity index (χ4v) is 3.78. The van der Waals surface area contributed by atoms with Crippen LogP contribution in [0.4, 0.5) is 0 Å². The lowest BCUT2D eigenvalue weighted by Crippen LogP contribution is -2.45. The highest BCUT2D eigenvalue weighted by Gasteiger charge is 2.36. The van der Waals surface area contributed by atoms with Crippen molar-refractivity contribution in [1.82, 2.24) is 9.80 Å². The van der Waals surface area contributed by atoms with Gasteiger partial charge in [0.05, 0.1) is 25.7 Å². The summed E-state index contributed by atoms with van der Waals surface area (Å²) in [5.41, 5.74) is 0.512. The molecule has 0 bridgehead atoms. The first kappa shape index (κ1) is 26.8. The third-order valence-electron chi connectivity index (χ3n) is 5.73. The molecule has 2 rings (SSSR count). The Morgan fingerprint density at radius 1 is 1.07 bits per heavy atom. The van der Waals surface area contributed by atoms with Crippen LogP contribution in [0.3, 0.4) is 0 Å². The number of hydrogen-bond donors (Lipinski definition) is 0. The zero-order chi connectivity index (χ0) is 19.2. The van der Waals surface area contributed by atoms with Gasteiger partial charge in [-0.15, -0.1) is 24.8 Å². The molecule has 0 saturated carbocycles. The topological polar surface area (TPSA) is 48.7 Å². The van der Waals surface area contributed by atoms with Gasteiger partial charge in [-0.1, -0.05) is 19.9 Å². The van der Waals surface area contributed by atoms with Crippen molar-refractivity contribution >= 4 is 24.8 Å². The Balaban J connectivity index is 0.00000364. The zero-order valence-electron chi connectivity index (χ0n) is 17.7. The maximum absolute atomic E-state index is 10.1. The molecule has 0 aliphatic carbocycles. The molecule has 1 unspecified atom stereocenters. The Morgan fingerprint density at radius 3 is 2.18 bits per heavy atom. The highest BCUT2D eigenvalue weighted by Crippen LogP contribution is 2.40. The van der Waals surface area contributed by atoms with Gasteiger partial charge in [0.15, 0.2) is 11.5 Å². The van der Waals surface area contributed by atoms with Crippen molar-refractivity contribution in [3.05, 3.63) is 23.8 Å². The number of hydrogen-bond acceptors (Lipinski definition) is 5. The number of ether oxygens (including phenoxy) is 2. The average Bonchev–Trinajstić information content (AvgIpc) is 2.66. The fourth-order valence-electron chi connectivity index (χ4n) is 3.78. The molecule has 1 aliphatic rings. The molecule has 0 spiro atoms. The van der Waals surface area contributed by atoms with E-state index in [0.29, 0.717) is 11.5 Å². The average molecular weight is 432 g/mol. The van der Waals surface area contributed by atoms with Gasteiger partial charge in [-0.25, -0.2) is 0 Å². The summed E-state index contributed by atoms with van der Waals surface area (Å²) in [7, 11) is 5.44. The van der Waals surface area contributed by atoms with Crippen molar-refractivity contribution in [1.29, 1.82) is 5.26 Å². The summed E-state index contributed by atoms with van der Waals surface area (Å²) in [6, 6.07) is 8.53. The van der Waals surface area contributed by atoms with E-state index in [4.69, 9.17) is 9.47 Å². The molecule has 1 fully saturated rings. The smallest absolute Gasteiger partial charge is 0.161 e. The van der Waals surface area contributed by atoms with Crippen LogP contribution in [0.25, 0.3) is 0 Å². The summed E-state index contributed by atoms with van der Waals surface area (Å²) >= 11 is 0. The van der Waals surface area contributed by atoms with Crippen molar-refractivity contribution in [2.45, 2.75) is 32.1 Å². The zero-order valence-corrected chi connectivity index (χ0v) is 19.4. The fraction of sp³-hybridized carbons (Fsp3) is 0.667. The first-order valence-electron chi connectivity index (χ1n) is 9.51. The van der Waals surface area contributed by atoms with Crippen LogP contribution in [0.5, 0.6) is 11.5 Å². The molecule has 0 N–H and O–H groups in total. The third-order valence-corrected chi connectivity index (χ3v) is 5.73. The predicted octanol–water partition coefficient (Wildman–Crippen LogP) is 3.99. The van der Waals surface area contributed by atoms with Gasteiger partial charge >= 0.3 is 0 Å². The quantitative estimate of drug-likeness (QED) is 0.622.